The molecule has 1 amide bonds. The van der Waals surface area contributed by atoms with Crippen molar-refractivity contribution in [3.05, 3.63) is 34.7 Å². The second-order valence-electron chi connectivity index (χ2n) is 5.46. The summed E-state index contributed by atoms with van der Waals surface area (Å²) < 4.78 is 1.34. The normalized spacial score (nSPS) is 21.5. The van der Waals surface area contributed by atoms with Crippen LogP contribution in [0.2, 0.25) is 0 Å². The van der Waals surface area contributed by atoms with Crippen molar-refractivity contribution in [2.45, 2.75) is 26.3 Å². The van der Waals surface area contributed by atoms with Gasteiger partial charge >= 0.3 is 5.97 Å². The summed E-state index contributed by atoms with van der Waals surface area (Å²) in [6, 6.07) is 4.71. The van der Waals surface area contributed by atoms with Crippen LogP contribution in [0.5, 0.6) is 0 Å². The average Bonchev–Trinajstić information content (AvgIpc) is 2.86. The summed E-state index contributed by atoms with van der Waals surface area (Å²) in [5.41, 5.74) is -0.232. The number of carboxylic acid groups (broad SMARTS) is 1. The largest absolute Gasteiger partial charge is 0.481 e. The smallest absolute Gasteiger partial charge is 0.308 e. The summed E-state index contributed by atoms with van der Waals surface area (Å²) in [5, 5.41) is 9.25. The van der Waals surface area contributed by atoms with E-state index in [-0.39, 0.29) is 30.5 Å². The molecule has 6 nitrogen and oxygen atoms in total. The minimum absolute atomic E-state index is 0.00365. The van der Waals surface area contributed by atoms with Crippen LogP contribution < -0.4 is 5.56 Å². The monoisotopic (exact) mass is 292 g/mol. The van der Waals surface area contributed by atoms with Gasteiger partial charge in [-0.05, 0) is 18.4 Å². The predicted molar refractivity (Wildman–Crippen MR) is 76.8 cm³/mol. The predicted octanol–water partition coefficient (Wildman–Crippen LogP) is 0.808. The lowest BCUT2D eigenvalue weighted by atomic mass is 9.92. The Bertz CT molecular complexity index is 581. The maximum atomic E-state index is 12.3. The van der Waals surface area contributed by atoms with Crippen molar-refractivity contribution in [2.75, 3.05) is 13.1 Å². The number of pyridine rings is 1. The zero-order valence-corrected chi connectivity index (χ0v) is 12.1. The molecule has 1 N–H and O–H groups in total. The van der Waals surface area contributed by atoms with Crippen LogP contribution in [0.1, 0.15) is 19.8 Å². The van der Waals surface area contributed by atoms with Crippen molar-refractivity contribution in [3.8, 4) is 0 Å². The first-order chi connectivity index (χ1) is 10.0. The van der Waals surface area contributed by atoms with Crippen LogP contribution in [-0.2, 0) is 16.1 Å². The molecular weight excluding hydrogens is 272 g/mol. The van der Waals surface area contributed by atoms with E-state index in [1.54, 1.807) is 23.2 Å². The van der Waals surface area contributed by atoms with E-state index >= 15 is 0 Å². The highest BCUT2D eigenvalue weighted by atomic mass is 16.4. The number of rotatable bonds is 5. The molecule has 1 aromatic rings. The van der Waals surface area contributed by atoms with Crippen molar-refractivity contribution in [1.29, 1.82) is 0 Å². The molecule has 0 aromatic carbocycles. The Morgan fingerprint density at radius 2 is 2.10 bits per heavy atom. The van der Waals surface area contributed by atoms with Gasteiger partial charge in [-0.1, -0.05) is 19.4 Å². The van der Waals surface area contributed by atoms with Crippen molar-refractivity contribution >= 4 is 11.9 Å². The molecule has 1 aromatic heterocycles. The van der Waals surface area contributed by atoms with Crippen LogP contribution in [0, 0.1) is 11.8 Å². The molecule has 21 heavy (non-hydrogen) atoms. The molecule has 1 fully saturated rings. The lowest BCUT2D eigenvalue weighted by molar-refractivity contribution is -0.142. The minimum Gasteiger partial charge on any atom is -0.481 e. The lowest BCUT2D eigenvalue weighted by Gasteiger charge is -2.16. The van der Waals surface area contributed by atoms with Crippen LogP contribution >= 0.6 is 0 Å². The maximum absolute atomic E-state index is 12.3. The number of hydrogen-bond donors (Lipinski definition) is 1. The molecule has 2 atom stereocenters. The summed E-state index contributed by atoms with van der Waals surface area (Å²) in [6.45, 7) is 2.67. The lowest BCUT2D eigenvalue weighted by Crippen LogP contribution is -2.35. The first-order valence-electron chi connectivity index (χ1n) is 7.19. The molecule has 0 bridgehead atoms. The molecule has 0 spiro atoms. The molecule has 0 radical (unpaired) electrons. The number of amides is 1. The number of nitrogens with zero attached hydrogens (tertiary/aromatic N) is 2. The topological polar surface area (TPSA) is 79.6 Å². The molecule has 1 aliphatic heterocycles. The standard InChI is InChI=1S/C15H20N2O4/c1-2-5-11-8-17(9-12(11)15(20)21)14(19)10-16-7-4-3-6-13(16)18/h3-4,6-7,11-12H,2,5,8-10H2,1H3,(H,20,21)/t11-,12-/m1/s1. The number of carboxylic acids is 1. The molecule has 0 unspecified atom stereocenters. The SMILES string of the molecule is CCC[C@@H]1CN(C(=O)Cn2ccccc2=O)C[C@H]1C(=O)O. The molecule has 114 valence electrons. The molecular formula is C15H20N2O4. The van der Waals surface area contributed by atoms with E-state index in [2.05, 4.69) is 0 Å². The Morgan fingerprint density at radius 1 is 1.33 bits per heavy atom. The van der Waals surface area contributed by atoms with Crippen molar-refractivity contribution in [3.63, 3.8) is 0 Å². The van der Waals surface area contributed by atoms with E-state index in [9.17, 15) is 19.5 Å². The Labute approximate surface area is 123 Å². The number of carbonyl (C=O) groups is 2. The second kappa shape index (κ2) is 6.56. The van der Waals surface area contributed by atoms with Gasteiger partial charge in [0.2, 0.25) is 5.91 Å². The zero-order chi connectivity index (χ0) is 15.4. The molecule has 0 saturated carbocycles. The van der Waals surface area contributed by atoms with Gasteiger partial charge in [0.1, 0.15) is 6.54 Å². The number of carbonyl (C=O) groups excluding carboxylic acids is 1. The molecule has 2 rings (SSSR count). The Balaban J connectivity index is 2.05. The van der Waals surface area contributed by atoms with Gasteiger partial charge in [0, 0.05) is 25.4 Å². The molecule has 1 saturated heterocycles. The molecule has 1 aliphatic rings. The zero-order valence-electron chi connectivity index (χ0n) is 12.1. The highest BCUT2D eigenvalue weighted by Gasteiger charge is 2.38. The highest BCUT2D eigenvalue weighted by molar-refractivity contribution is 5.78. The molecule has 2 heterocycles. The fourth-order valence-electron chi connectivity index (χ4n) is 2.85. The van der Waals surface area contributed by atoms with Crippen LogP contribution in [0.15, 0.2) is 29.2 Å². The van der Waals surface area contributed by atoms with Gasteiger partial charge in [0.05, 0.1) is 5.92 Å². The van der Waals surface area contributed by atoms with E-state index in [1.807, 2.05) is 6.92 Å². The van der Waals surface area contributed by atoms with Gasteiger partial charge in [-0.3, -0.25) is 14.4 Å². The van der Waals surface area contributed by atoms with Crippen molar-refractivity contribution in [1.82, 2.24) is 9.47 Å². The van der Waals surface area contributed by atoms with Crippen LogP contribution in [0.3, 0.4) is 0 Å². The fourth-order valence-corrected chi connectivity index (χ4v) is 2.85. The number of aliphatic carboxylic acids is 1. The van der Waals surface area contributed by atoms with Crippen LogP contribution in [0.4, 0.5) is 0 Å². The third kappa shape index (κ3) is 3.51. The van der Waals surface area contributed by atoms with Gasteiger partial charge in [0.15, 0.2) is 0 Å². The number of likely N-dealkylation sites (tertiary alicyclic amines) is 1. The van der Waals surface area contributed by atoms with E-state index in [1.165, 1.54) is 10.6 Å². The molecule has 6 heteroatoms. The average molecular weight is 292 g/mol. The summed E-state index contributed by atoms with van der Waals surface area (Å²) in [4.78, 5) is 36.7. The van der Waals surface area contributed by atoms with E-state index in [0.717, 1.165) is 12.8 Å². The second-order valence-corrected chi connectivity index (χ2v) is 5.46. The van der Waals surface area contributed by atoms with Gasteiger partial charge in [-0.25, -0.2) is 0 Å². The maximum Gasteiger partial charge on any atom is 0.308 e. The van der Waals surface area contributed by atoms with E-state index in [4.69, 9.17) is 0 Å². The van der Waals surface area contributed by atoms with Crippen LogP contribution in [0.25, 0.3) is 0 Å². The van der Waals surface area contributed by atoms with Gasteiger partial charge in [-0.15, -0.1) is 0 Å². The fraction of sp³-hybridized carbons (Fsp3) is 0.533. The van der Waals surface area contributed by atoms with Crippen molar-refractivity contribution < 1.29 is 14.7 Å². The Hall–Kier alpha value is -2.11. The summed E-state index contributed by atoms with van der Waals surface area (Å²) in [6.07, 6.45) is 3.26. The van der Waals surface area contributed by atoms with Gasteiger partial charge < -0.3 is 14.6 Å². The summed E-state index contributed by atoms with van der Waals surface area (Å²) in [5.74, 6) is -1.54. The first-order valence-corrected chi connectivity index (χ1v) is 7.19. The Morgan fingerprint density at radius 3 is 2.71 bits per heavy atom. The van der Waals surface area contributed by atoms with Gasteiger partial charge in [0.25, 0.3) is 5.56 Å². The number of aromatic nitrogens is 1. The van der Waals surface area contributed by atoms with E-state index < -0.39 is 11.9 Å². The van der Waals surface area contributed by atoms with Crippen LogP contribution in [-0.4, -0.2) is 39.5 Å². The number of hydrogen-bond acceptors (Lipinski definition) is 3. The quantitative estimate of drug-likeness (QED) is 0.871. The third-order valence-electron chi connectivity index (χ3n) is 3.97. The summed E-state index contributed by atoms with van der Waals surface area (Å²) in [7, 11) is 0. The van der Waals surface area contributed by atoms with Gasteiger partial charge in [-0.2, -0.15) is 0 Å². The Kier molecular flexibility index (Phi) is 4.77. The minimum atomic E-state index is -0.847. The van der Waals surface area contributed by atoms with Crippen molar-refractivity contribution in [2.24, 2.45) is 11.8 Å². The first kappa shape index (κ1) is 15.3. The van der Waals surface area contributed by atoms with E-state index in [0.29, 0.717) is 6.54 Å². The third-order valence-corrected chi connectivity index (χ3v) is 3.97. The molecule has 0 aliphatic carbocycles. The highest BCUT2D eigenvalue weighted by Crippen LogP contribution is 2.27. The summed E-state index contributed by atoms with van der Waals surface area (Å²) >= 11 is 0.